The fourth-order valence-electron chi connectivity index (χ4n) is 5.34. The molecule has 1 spiro atoms. The lowest BCUT2D eigenvalue weighted by Crippen LogP contribution is -2.42. The van der Waals surface area contributed by atoms with Crippen molar-refractivity contribution in [2.75, 3.05) is 36.8 Å². The Bertz CT molecular complexity index is 1090. The third-order valence-corrected chi connectivity index (χ3v) is 8.50. The van der Waals surface area contributed by atoms with Crippen molar-refractivity contribution in [1.29, 1.82) is 0 Å². The Hall–Kier alpha value is -1.90. The van der Waals surface area contributed by atoms with Gasteiger partial charge in [-0.1, -0.05) is 24.1 Å². The van der Waals surface area contributed by atoms with Crippen molar-refractivity contribution in [3.8, 4) is 0 Å². The van der Waals surface area contributed by atoms with Crippen LogP contribution in [0, 0.1) is 18.3 Å². The lowest BCUT2D eigenvalue weighted by Gasteiger charge is -2.36. The molecule has 2 atom stereocenters. The first-order valence-electron chi connectivity index (χ1n) is 10.5. The van der Waals surface area contributed by atoms with Gasteiger partial charge in [0.2, 0.25) is 5.95 Å². The van der Waals surface area contributed by atoms with E-state index in [2.05, 4.69) is 33.6 Å². The van der Waals surface area contributed by atoms with Crippen LogP contribution in [0.25, 0.3) is 0 Å². The molecule has 1 aliphatic carbocycles. The largest absolute Gasteiger partial charge is 0.370 e. The minimum Gasteiger partial charge on any atom is -0.370 e. The summed E-state index contributed by atoms with van der Waals surface area (Å²) in [7, 11) is 0.346. The van der Waals surface area contributed by atoms with Crippen LogP contribution >= 0.6 is 11.6 Å². The zero-order valence-corrected chi connectivity index (χ0v) is 19.6. The molecule has 31 heavy (non-hydrogen) atoms. The maximum absolute atomic E-state index is 13.3. The summed E-state index contributed by atoms with van der Waals surface area (Å²) in [5.74, 6) is -0.826. The van der Waals surface area contributed by atoms with Gasteiger partial charge in [-0.25, -0.2) is 13.4 Å². The molecule has 0 bridgehead atoms. The number of hydrogen-bond acceptors (Lipinski definition) is 5. The number of benzene rings is 1. The number of aryl methyl sites for hydroxylation is 1. The molecule has 1 aromatic carbocycles. The number of rotatable bonds is 5. The average molecular weight is 467 g/mol. The summed E-state index contributed by atoms with van der Waals surface area (Å²) in [5, 5.41) is 0.398. The van der Waals surface area contributed by atoms with Gasteiger partial charge >= 0.3 is 0 Å². The highest BCUT2D eigenvalue weighted by molar-refractivity contribution is 7.92. The van der Waals surface area contributed by atoms with Gasteiger partial charge in [-0.2, -0.15) is 4.39 Å². The summed E-state index contributed by atoms with van der Waals surface area (Å²) in [6.07, 6.45) is 4.77. The standard InChI is InChI=1S/C22H28ClFN4O2S/c1-15-12-17(28-11-10-22(14-28)9-5-6-19(22)27(2)3)16(23)13-18(15)31(29,30)26-21-8-4-7-20(24)25-21/h4,7-8,12-13,19H,5-6,9-11,14H2,1-3H3,(H,25,26)/t19-,22+/m0/s1. The minimum atomic E-state index is -3.95. The highest BCUT2D eigenvalue weighted by Gasteiger charge is 2.48. The lowest BCUT2D eigenvalue weighted by atomic mass is 9.81. The van der Waals surface area contributed by atoms with Gasteiger partial charge in [0.25, 0.3) is 10.0 Å². The maximum Gasteiger partial charge on any atom is 0.263 e. The van der Waals surface area contributed by atoms with Crippen molar-refractivity contribution in [1.82, 2.24) is 9.88 Å². The second-order valence-corrected chi connectivity index (χ2v) is 11.0. The topological polar surface area (TPSA) is 65.5 Å². The first-order chi connectivity index (χ1) is 14.6. The van der Waals surface area contributed by atoms with Crippen LogP contribution in [0.2, 0.25) is 5.02 Å². The molecule has 2 aromatic rings. The molecule has 2 heterocycles. The van der Waals surface area contributed by atoms with Gasteiger partial charge in [0.1, 0.15) is 5.82 Å². The molecule has 1 saturated heterocycles. The average Bonchev–Trinajstić information content (AvgIpc) is 3.30. The Balaban J connectivity index is 1.59. The van der Waals surface area contributed by atoms with E-state index >= 15 is 0 Å². The molecule has 9 heteroatoms. The molecule has 0 radical (unpaired) electrons. The van der Waals surface area contributed by atoms with Gasteiger partial charge in [0.15, 0.2) is 0 Å². The number of hydrogen-bond donors (Lipinski definition) is 1. The predicted molar refractivity (Wildman–Crippen MR) is 122 cm³/mol. The number of halogens is 2. The summed E-state index contributed by atoms with van der Waals surface area (Å²) in [5.41, 5.74) is 1.71. The number of pyridine rings is 1. The fourth-order valence-corrected chi connectivity index (χ4v) is 6.94. The van der Waals surface area contributed by atoms with Crippen molar-refractivity contribution >= 4 is 33.1 Å². The summed E-state index contributed by atoms with van der Waals surface area (Å²) in [6.45, 7) is 3.57. The fraction of sp³-hybridized carbons (Fsp3) is 0.500. The molecular weight excluding hydrogens is 439 g/mol. The lowest BCUT2D eigenvalue weighted by molar-refractivity contribution is 0.153. The molecule has 1 aliphatic heterocycles. The van der Waals surface area contributed by atoms with Crippen LogP contribution in [-0.2, 0) is 10.0 Å². The predicted octanol–water partition coefficient (Wildman–Crippen LogP) is 4.29. The maximum atomic E-state index is 13.3. The normalized spacial score (nSPS) is 23.8. The van der Waals surface area contributed by atoms with E-state index in [4.69, 9.17) is 11.6 Å². The molecule has 1 aromatic heterocycles. The van der Waals surface area contributed by atoms with E-state index in [1.54, 1.807) is 6.92 Å². The van der Waals surface area contributed by atoms with Gasteiger partial charge < -0.3 is 9.80 Å². The van der Waals surface area contributed by atoms with Crippen LogP contribution in [0.15, 0.2) is 35.2 Å². The van der Waals surface area contributed by atoms with Gasteiger partial charge in [0, 0.05) is 24.5 Å². The van der Waals surface area contributed by atoms with Crippen LogP contribution in [0.1, 0.15) is 31.2 Å². The molecule has 0 unspecified atom stereocenters. The Morgan fingerprint density at radius 2 is 2.06 bits per heavy atom. The van der Waals surface area contributed by atoms with Crippen LogP contribution in [0.5, 0.6) is 0 Å². The highest BCUT2D eigenvalue weighted by atomic mass is 35.5. The van der Waals surface area contributed by atoms with E-state index in [1.165, 1.54) is 37.5 Å². The molecule has 2 aliphatic rings. The van der Waals surface area contributed by atoms with Gasteiger partial charge in [-0.15, -0.1) is 0 Å². The monoisotopic (exact) mass is 466 g/mol. The summed E-state index contributed by atoms with van der Waals surface area (Å²) in [6, 6.07) is 7.84. The Kier molecular flexibility index (Phi) is 5.91. The Morgan fingerprint density at radius 1 is 1.29 bits per heavy atom. The van der Waals surface area contributed by atoms with E-state index in [0.717, 1.165) is 31.3 Å². The van der Waals surface area contributed by atoms with Crippen molar-refractivity contribution in [3.05, 3.63) is 46.9 Å². The smallest absolute Gasteiger partial charge is 0.263 e. The van der Waals surface area contributed by atoms with E-state index in [0.29, 0.717) is 16.6 Å². The van der Waals surface area contributed by atoms with Gasteiger partial charge in [0.05, 0.1) is 15.6 Å². The summed E-state index contributed by atoms with van der Waals surface area (Å²) in [4.78, 5) is 8.26. The number of nitrogens with one attached hydrogen (secondary N) is 1. The van der Waals surface area contributed by atoms with Gasteiger partial charge in [-0.05, 0) is 70.1 Å². The Morgan fingerprint density at radius 3 is 2.77 bits per heavy atom. The highest BCUT2D eigenvalue weighted by Crippen LogP contribution is 2.49. The molecule has 168 valence electrons. The van der Waals surface area contributed by atoms with Crippen LogP contribution in [0.3, 0.4) is 0 Å². The van der Waals surface area contributed by atoms with E-state index in [9.17, 15) is 12.8 Å². The van der Waals surface area contributed by atoms with Crippen molar-refractivity contribution < 1.29 is 12.8 Å². The third kappa shape index (κ3) is 4.25. The minimum absolute atomic E-state index is 0.0632. The van der Waals surface area contributed by atoms with Crippen molar-refractivity contribution in [2.24, 2.45) is 5.41 Å². The van der Waals surface area contributed by atoms with E-state index in [-0.39, 0.29) is 16.1 Å². The van der Waals surface area contributed by atoms with Gasteiger partial charge in [-0.3, -0.25) is 4.72 Å². The molecule has 2 fully saturated rings. The van der Waals surface area contributed by atoms with Crippen LogP contribution in [-0.4, -0.2) is 51.5 Å². The molecular formula is C22H28ClFN4O2S. The molecule has 1 saturated carbocycles. The van der Waals surface area contributed by atoms with Crippen molar-refractivity contribution in [3.63, 3.8) is 0 Å². The quantitative estimate of drug-likeness (QED) is 0.666. The summed E-state index contributed by atoms with van der Waals surface area (Å²) < 4.78 is 41.5. The summed E-state index contributed by atoms with van der Waals surface area (Å²) >= 11 is 6.59. The number of sulfonamides is 1. The zero-order valence-electron chi connectivity index (χ0n) is 18.0. The molecule has 0 amide bonds. The number of anilines is 2. The second-order valence-electron chi connectivity index (χ2n) is 8.93. The Labute approximate surface area is 188 Å². The SMILES string of the molecule is Cc1cc(N2CC[C@]3(CCC[C@@H]3N(C)C)C2)c(Cl)cc1S(=O)(=O)Nc1cccc(F)n1. The van der Waals surface area contributed by atoms with Crippen molar-refractivity contribution in [2.45, 2.75) is 43.5 Å². The van der Waals surface area contributed by atoms with E-state index in [1.807, 2.05) is 6.07 Å². The van der Waals surface area contributed by atoms with E-state index < -0.39 is 16.0 Å². The van der Waals surface area contributed by atoms with Crippen LogP contribution < -0.4 is 9.62 Å². The molecule has 1 N–H and O–H groups in total. The zero-order chi connectivity index (χ0) is 22.4. The number of nitrogens with zero attached hydrogens (tertiary/aromatic N) is 3. The first kappa shape index (κ1) is 22.3. The first-order valence-corrected chi connectivity index (χ1v) is 12.3. The molecule has 4 rings (SSSR count). The second kappa shape index (κ2) is 8.22. The van der Waals surface area contributed by atoms with Crippen LogP contribution in [0.4, 0.5) is 15.9 Å². The number of aromatic nitrogens is 1. The third-order valence-electron chi connectivity index (χ3n) is 6.70. The molecule has 6 nitrogen and oxygen atoms in total.